The normalized spacial score (nSPS) is 15.9. The molecule has 134 valence electrons. The van der Waals surface area contributed by atoms with Crippen LogP contribution in [0.1, 0.15) is 11.3 Å². The lowest BCUT2D eigenvalue weighted by Crippen LogP contribution is -2.46. The summed E-state index contributed by atoms with van der Waals surface area (Å²) in [5.41, 5.74) is 0.732. The van der Waals surface area contributed by atoms with Gasteiger partial charge in [-0.2, -0.15) is 0 Å². The van der Waals surface area contributed by atoms with Crippen molar-refractivity contribution in [2.45, 2.75) is 13.0 Å². The summed E-state index contributed by atoms with van der Waals surface area (Å²) >= 11 is 1.82. The van der Waals surface area contributed by atoms with Crippen LogP contribution in [-0.2, 0) is 11.3 Å². The Bertz CT molecular complexity index is 667. The maximum Gasteiger partial charge on any atom is 0.225 e. The molecule has 0 unspecified atom stereocenters. The zero-order valence-electron chi connectivity index (χ0n) is 14.6. The number of nitrogens with zero attached hydrogens (tertiary/aromatic N) is 2. The van der Waals surface area contributed by atoms with Crippen molar-refractivity contribution >= 4 is 22.9 Å². The van der Waals surface area contributed by atoms with Crippen molar-refractivity contribution < 1.29 is 9.53 Å². The Balaban J connectivity index is 1.38. The van der Waals surface area contributed by atoms with E-state index in [1.165, 1.54) is 4.88 Å². The Hall–Kier alpha value is -1.89. The van der Waals surface area contributed by atoms with E-state index in [1.807, 2.05) is 35.6 Å². The summed E-state index contributed by atoms with van der Waals surface area (Å²) in [6.07, 6.45) is 0.503. The lowest BCUT2D eigenvalue weighted by Gasteiger charge is -2.34. The highest BCUT2D eigenvalue weighted by atomic mass is 32.1. The third kappa shape index (κ3) is 5.29. The largest absolute Gasteiger partial charge is 0.495 e. The van der Waals surface area contributed by atoms with Gasteiger partial charge in [-0.05, 0) is 23.6 Å². The second-order valence-corrected chi connectivity index (χ2v) is 7.23. The molecular weight excluding hydrogens is 334 g/mol. The maximum atomic E-state index is 12.2. The third-order valence-electron chi connectivity index (χ3n) is 4.46. The Labute approximate surface area is 153 Å². The van der Waals surface area contributed by atoms with E-state index < -0.39 is 0 Å². The number of carbonyl (C=O) groups is 1. The number of benzene rings is 1. The summed E-state index contributed by atoms with van der Waals surface area (Å²) in [4.78, 5) is 18.5. The minimum atomic E-state index is 0.0329. The standard InChI is InChI=1S/C19H25N3O2S/c1-24-18-7-3-2-6-17(18)20-19(23)8-9-21-10-12-22(13-11-21)15-16-5-4-14-25-16/h2-7,14H,8-13,15H2,1H3,(H,20,23). The number of para-hydroxylation sites is 2. The Kier molecular flexibility index (Phi) is 6.44. The van der Waals surface area contributed by atoms with E-state index in [0.717, 1.165) is 45.0 Å². The van der Waals surface area contributed by atoms with E-state index in [-0.39, 0.29) is 5.91 Å². The summed E-state index contributed by atoms with van der Waals surface area (Å²) in [7, 11) is 1.61. The molecule has 0 bridgehead atoms. The van der Waals surface area contributed by atoms with Crippen LogP contribution in [0.4, 0.5) is 5.69 Å². The van der Waals surface area contributed by atoms with Gasteiger partial charge >= 0.3 is 0 Å². The van der Waals surface area contributed by atoms with Crippen molar-refractivity contribution in [3.8, 4) is 5.75 Å². The van der Waals surface area contributed by atoms with Gasteiger partial charge in [0.2, 0.25) is 5.91 Å². The first-order valence-corrected chi connectivity index (χ1v) is 9.52. The Morgan fingerprint density at radius 2 is 1.88 bits per heavy atom. The molecule has 1 aromatic carbocycles. The van der Waals surface area contributed by atoms with Crippen LogP contribution in [-0.4, -0.2) is 55.5 Å². The van der Waals surface area contributed by atoms with Crippen molar-refractivity contribution in [3.05, 3.63) is 46.7 Å². The molecule has 0 spiro atoms. The van der Waals surface area contributed by atoms with Crippen LogP contribution < -0.4 is 10.1 Å². The number of amides is 1. The number of hydrogen-bond acceptors (Lipinski definition) is 5. The van der Waals surface area contributed by atoms with Crippen LogP contribution in [0.2, 0.25) is 0 Å². The molecule has 0 radical (unpaired) electrons. The SMILES string of the molecule is COc1ccccc1NC(=O)CCN1CCN(Cc2cccs2)CC1. The zero-order valence-corrected chi connectivity index (χ0v) is 15.4. The second kappa shape index (κ2) is 8.99. The van der Waals surface area contributed by atoms with Gasteiger partial charge in [-0.3, -0.25) is 9.69 Å². The Morgan fingerprint density at radius 1 is 1.12 bits per heavy atom. The van der Waals surface area contributed by atoms with Crippen LogP contribution >= 0.6 is 11.3 Å². The van der Waals surface area contributed by atoms with Crippen LogP contribution in [0.15, 0.2) is 41.8 Å². The lowest BCUT2D eigenvalue weighted by molar-refractivity contribution is -0.116. The maximum absolute atomic E-state index is 12.2. The number of hydrogen-bond donors (Lipinski definition) is 1. The molecule has 1 aromatic heterocycles. The number of anilines is 1. The average Bonchev–Trinajstić information content (AvgIpc) is 3.15. The number of nitrogens with one attached hydrogen (secondary N) is 1. The number of piperazine rings is 1. The molecule has 1 fully saturated rings. The van der Waals surface area contributed by atoms with E-state index in [4.69, 9.17) is 4.74 Å². The number of methoxy groups -OCH3 is 1. The second-order valence-electron chi connectivity index (χ2n) is 6.20. The van der Waals surface area contributed by atoms with Gasteiger partial charge in [-0.25, -0.2) is 0 Å². The molecule has 25 heavy (non-hydrogen) atoms. The molecule has 1 saturated heterocycles. The molecule has 5 nitrogen and oxygen atoms in total. The summed E-state index contributed by atoms with van der Waals surface area (Å²) in [6.45, 7) is 6.01. The van der Waals surface area contributed by atoms with Gasteiger partial charge in [-0.15, -0.1) is 11.3 Å². The molecule has 2 heterocycles. The molecule has 2 aromatic rings. The van der Waals surface area contributed by atoms with E-state index >= 15 is 0 Å². The fourth-order valence-corrected chi connectivity index (χ4v) is 3.76. The molecule has 1 aliphatic heterocycles. The number of thiophene rings is 1. The van der Waals surface area contributed by atoms with Crippen molar-refractivity contribution in [1.82, 2.24) is 9.80 Å². The van der Waals surface area contributed by atoms with Gasteiger partial charge in [0.1, 0.15) is 5.75 Å². The minimum Gasteiger partial charge on any atom is -0.495 e. The summed E-state index contributed by atoms with van der Waals surface area (Å²) in [6, 6.07) is 11.8. The summed E-state index contributed by atoms with van der Waals surface area (Å²) < 4.78 is 5.27. The average molecular weight is 359 g/mol. The fraction of sp³-hybridized carbons (Fsp3) is 0.421. The van der Waals surface area contributed by atoms with Crippen molar-refractivity contribution in [1.29, 1.82) is 0 Å². The van der Waals surface area contributed by atoms with E-state index in [9.17, 15) is 4.79 Å². The highest BCUT2D eigenvalue weighted by Crippen LogP contribution is 2.23. The first-order chi connectivity index (χ1) is 12.2. The van der Waals surface area contributed by atoms with Crippen molar-refractivity contribution in [3.63, 3.8) is 0 Å². The third-order valence-corrected chi connectivity index (χ3v) is 5.32. The Morgan fingerprint density at radius 3 is 2.60 bits per heavy atom. The summed E-state index contributed by atoms with van der Waals surface area (Å²) in [5.74, 6) is 0.726. The van der Waals surface area contributed by atoms with Gasteiger partial charge in [0.25, 0.3) is 0 Å². The molecule has 6 heteroatoms. The summed E-state index contributed by atoms with van der Waals surface area (Å²) in [5, 5.41) is 5.07. The van der Waals surface area contributed by atoms with Gasteiger partial charge < -0.3 is 15.0 Å². The van der Waals surface area contributed by atoms with E-state index in [0.29, 0.717) is 12.2 Å². The van der Waals surface area contributed by atoms with Gasteiger partial charge in [0.15, 0.2) is 0 Å². The van der Waals surface area contributed by atoms with Gasteiger partial charge in [0.05, 0.1) is 12.8 Å². The zero-order chi connectivity index (χ0) is 17.5. The van der Waals surface area contributed by atoms with Crippen LogP contribution in [0, 0.1) is 0 Å². The molecule has 3 rings (SSSR count). The van der Waals surface area contributed by atoms with Crippen molar-refractivity contribution in [2.24, 2.45) is 0 Å². The van der Waals surface area contributed by atoms with Crippen LogP contribution in [0.3, 0.4) is 0 Å². The van der Waals surface area contributed by atoms with Gasteiger partial charge in [-0.1, -0.05) is 18.2 Å². The van der Waals surface area contributed by atoms with E-state index in [1.54, 1.807) is 7.11 Å². The molecule has 0 saturated carbocycles. The molecule has 1 N–H and O–H groups in total. The first-order valence-electron chi connectivity index (χ1n) is 8.64. The predicted octanol–water partition coefficient (Wildman–Crippen LogP) is 2.90. The minimum absolute atomic E-state index is 0.0329. The first kappa shape index (κ1) is 17.9. The highest BCUT2D eigenvalue weighted by molar-refractivity contribution is 7.09. The number of carbonyl (C=O) groups excluding carboxylic acids is 1. The molecule has 1 aliphatic rings. The topological polar surface area (TPSA) is 44.8 Å². The van der Waals surface area contributed by atoms with Crippen molar-refractivity contribution in [2.75, 3.05) is 45.2 Å². The molecule has 0 atom stereocenters. The highest BCUT2D eigenvalue weighted by Gasteiger charge is 2.18. The van der Waals surface area contributed by atoms with E-state index in [2.05, 4.69) is 32.6 Å². The predicted molar refractivity (Wildman–Crippen MR) is 102 cm³/mol. The van der Waals surface area contributed by atoms with Crippen LogP contribution in [0.25, 0.3) is 0 Å². The monoisotopic (exact) mass is 359 g/mol. The van der Waals surface area contributed by atoms with Gasteiger partial charge in [0, 0.05) is 50.6 Å². The molecule has 0 aliphatic carbocycles. The lowest BCUT2D eigenvalue weighted by atomic mass is 10.2. The molecular formula is C19H25N3O2S. The number of ether oxygens (including phenoxy) is 1. The molecule has 1 amide bonds. The smallest absolute Gasteiger partial charge is 0.225 e. The fourth-order valence-electron chi connectivity index (χ4n) is 3.01. The number of rotatable bonds is 7. The quantitative estimate of drug-likeness (QED) is 0.826. The van der Waals surface area contributed by atoms with Crippen LogP contribution in [0.5, 0.6) is 5.75 Å².